The van der Waals surface area contributed by atoms with Crippen molar-refractivity contribution in [2.24, 2.45) is 0 Å². The Morgan fingerprint density at radius 1 is 1.39 bits per heavy atom. The van der Waals surface area contributed by atoms with Gasteiger partial charge in [0.1, 0.15) is 36.1 Å². The SMILES string of the molecule is CC1(O)C(c2scc3c(N)ncnc23)OC2C(OP(O)O)C21O. The molecule has 1 saturated carbocycles. The van der Waals surface area contributed by atoms with Gasteiger partial charge in [0.05, 0.1) is 15.8 Å². The second-order valence-corrected chi connectivity index (χ2v) is 7.44. The van der Waals surface area contributed by atoms with E-state index in [4.69, 9.17) is 24.8 Å². The van der Waals surface area contributed by atoms with E-state index in [9.17, 15) is 10.2 Å². The van der Waals surface area contributed by atoms with Crippen LogP contribution in [0.4, 0.5) is 5.82 Å². The van der Waals surface area contributed by atoms with E-state index < -0.39 is 38.1 Å². The molecule has 5 unspecified atom stereocenters. The molecular weight excluding hydrogens is 345 g/mol. The minimum atomic E-state index is -2.65. The van der Waals surface area contributed by atoms with E-state index in [1.807, 2.05) is 0 Å². The molecule has 0 aromatic carbocycles. The number of thiophene rings is 1. The van der Waals surface area contributed by atoms with E-state index in [1.54, 1.807) is 5.38 Å². The van der Waals surface area contributed by atoms with Gasteiger partial charge >= 0.3 is 8.60 Å². The molecule has 23 heavy (non-hydrogen) atoms. The van der Waals surface area contributed by atoms with Gasteiger partial charge < -0.3 is 35.0 Å². The summed E-state index contributed by atoms with van der Waals surface area (Å²) in [4.78, 5) is 26.6. The van der Waals surface area contributed by atoms with Gasteiger partial charge in [-0.2, -0.15) is 0 Å². The first-order valence-corrected chi connectivity index (χ1v) is 8.75. The number of hydrogen-bond acceptors (Lipinski definition) is 10. The van der Waals surface area contributed by atoms with Crippen molar-refractivity contribution < 1.29 is 29.3 Å². The van der Waals surface area contributed by atoms with Crippen molar-refractivity contribution in [1.29, 1.82) is 0 Å². The molecule has 0 bridgehead atoms. The van der Waals surface area contributed by atoms with E-state index in [2.05, 4.69) is 9.97 Å². The van der Waals surface area contributed by atoms with Gasteiger partial charge in [-0.3, -0.25) is 0 Å². The van der Waals surface area contributed by atoms with Gasteiger partial charge in [-0.15, -0.1) is 11.3 Å². The van der Waals surface area contributed by atoms with Gasteiger partial charge in [-0.25, -0.2) is 9.97 Å². The van der Waals surface area contributed by atoms with Crippen molar-refractivity contribution in [3.05, 3.63) is 16.6 Å². The lowest BCUT2D eigenvalue weighted by Crippen LogP contribution is -2.46. The zero-order valence-electron chi connectivity index (χ0n) is 11.8. The van der Waals surface area contributed by atoms with Crippen LogP contribution in [0.15, 0.2) is 11.7 Å². The molecule has 2 aliphatic rings. The molecule has 9 nitrogen and oxygen atoms in total. The Labute approximate surface area is 135 Å². The Hall–Kier alpha value is -0.970. The van der Waals surface area contributed by atoms with Gasteiger partial charge in [-0.05, 0) is 6.92 Å². The van der Waals surface area contributed by atoms with E-state index in [-0.39, 0.29) is 0 Å². The second-order valence-electron chi connectivity index (χ2n) is 5.81. The summed E-state index contributed by atoms with van der Waals surface area (Å²) in [5, 5.41) is 23.9. The quantitative estimate of drug-likeness (QED) is 0.469. The largest absolute Gasteiger partial charge is 0.384 e. The van der Waals surface area contributed by atoms with E-state index in [1.165, 1.54) is 24.6 Å². The van der Waals surface area contributed by atoms with Crippen LogP contribution in [0.1, 0.15) is 17.9 Å². The first-order valence-electron chi connectivity index (χ1n) is 6.71. The monoisotopic (exact) mass is 359 g/mol. The molecule has 1 aliphatic carbocycles. The average molecular weight is 359 g/mol. The van der Waals surface area contributed by atoms with Crippen LogP contribution in [-0.4, -0.2) is 53.4 Å². The summed E-state index contributed by atoms with van der Waals surface area (Å²) in [6.45, 7) is 1.42. The van der Waals surface area contributed by atoms with Gasteiger partial charge in [0.2, 0.25) is 0 Å². The van der Waals surface area contributed by atoms with Gasteiger partial charge in [0.15, 0.2) is 5.60 Å². The van der Waals surface area contributed by atoms with E-state index >= 15 is 0 Å². The van der Waals surface area contributed by atoms with Crippen molar-refractivity contribution in [1.82, 2.24) is 9.97 Å². The molecule has 0 radical (unpaired) electrons. The maximum atomic E-state index is 10.8. The summed E-state index contributed by atoms with van der Waals surface area (Å²) < 4.78 is 10.6. The number of nitrogen functional groups attached to an aromatic ring is 1. The molecule has 2 fully saturated rings. The van der Waals surface area contributed by atoms with Gasteiger partial charge in [0.25, 0.3) is 0 Å². The second kappa shape index (κ2) is 4.78. The van der Waals surface area contributed by atoms with Crippen LogP contribution in [-0.2, 0) is 9.26 Å². The number of nitrogens with two attached hydrogens (primary N) is 1. The Morgan fingerprint density at radius 2 is 2.13 bits per heavy atom. The Bertz CT molecular complexity index is 785. The molecular formula is C12H14N3O6PS. The molecule has 6 N–H and O–H groups in total. The van der Waals surface area contributed by atoms with Crippen molar-refractivity contribution in [3.8, 4) is 0 Å². The fourth-order valence-electron chi connectivity index (χ4n) is 3.19. The lowest BCUT2D eigenvalue weighted by Gasteiger charge is -2.31. The van der Waals surface area contributed by atoms with Crippen LogP contribution >= 0.6 is 19.9 Å². The first-order chi connectivity index (χ1) is 10.8. The lowest BCUT2D eigenvalue weighted by atomic mass is 9.90. The smallest absolute Gasteiger partial charge is 0.327 e. The van der Waals surface area contributed by atoms with Crippen molar-refractivity contribution in [3.63, 3.8) is 0 Å². The zero-order chi connectivity index (χ0) is 16.6. The third-order valence-electron chi connectivity index (χ3n) is 4.54. The van der Waals surface area contributed by atoms with Gasteiger partial charge in [-0.1, -0.05) is 0 Å². The molecule has 2 aromatic heterocycles. The summed E-state index contributed by atoms with van der Waals surface area (Å²) in [5.74, 6) is 0.325. The highest BCUT2D eigenvalue weighted by Gasteiger charge is 2.83. The van der Waals surface area contributed by atoms with E-state index in [0.29, 0.717) is 21.6 Å². The molecule has 1 aliphatic heterocycles. The van der Waals surface area contributed by atoms with Crippen molar-refractivity contribution in [2.45, 2.75) is 36.4 Å². The molecule has 0 amide bonds. The summed E-state index contributed by atoms with van der Waals surface area (Å²) in [7, 11) is -2.65. The van der Waals surface area contributed by atoms with Crippen LogP contribution in [0, 0.1) is 0 Å². The lowest BCUT2D eigenvalue weighted by molar-refractivity contribution is -0.130. The topological polar surface area (TPSA) is 151 Å². The maximum absolute atomic E-state index is 10.8. The Balaban J connectivity index is 1.71. The third kappa shape index (κ3) is 1.92. The summed E-state index contributed by atoms with van der Waals surface area (Å²) in [6, 6.07) is 0. The Kier molecular flexibility index (Phi) is 3.23. The summed E-state index contributed by atoms with van der Waals surface area (Å²) in [5.41, 5.74) is 2.96. The zero-order valence-corrected chi connectivity index (χ0v) is 13.5. The fraction of sp³-hybridized carbons (Fsp3) is 0.500. The number of aliphatic hydroxyl groups is 2. The molecule has 11 heteroatoms. The third-order valence-corrected chi connectivity index (χ3v) is 5.97. The minimum Gasteiger partial charge on any atom is -0.384 e. The number of hydrogen-bond donors (Lipinski definition) is 5. The first kappa shape index (κ1) is 15.6. The highest BCUT2D eigenvalue weighted by atomic mass is 32.1. The maximum Gasteiger partial charge on any atom is 0.327 e. The number of fused-ring (bicyclic) bond motifs is 2. The number of rotatable bonds is 3. The molecule has 3 heterocycles. The number of nitrogens with zero attached hydrogens (tertiary/aromatic N) is 2. The van der Waals surface area contributed by atoms with E-state index in [0.717, 1.165) is 0 Å². The number of ether oxygens (including phenoxy) is 1. The average Bonchev–Trinajstić information content (AvgIpc) is 2.80. The van der Waals surface area contributed by atoms with Gasteiger partial charge in [0, 0.05) is 5.38 Å². The van der Waals surface area contributed by atoms with Crippen LogP contribution in [0.3, 0.4) is 0 Å². The number of aromatic nitrogens is 2. The summed E-state index contributed by atoms with van der Waals surface area (Å²) in [6.07, 6.45) is -1.34. The normalized spacial score (nSPS) is 39.1. The van der Waals surface area contributed by atoms with Crippen LogP contribution in [0.25, 0.3) is 10.9 Å². The van der Waals surface area contributed by atoms with Crippen molar-refractivity contribution >= 4 is 36.7 Å². The highest BCUT2D eigenvalue weighted by molar-refractivity contribution is 7.39. The van der Waals surface area contributed by atoms with Crippen LogP contribution in [0.5, 0.6) is 0 Å². The Morgan fingerprint density at radius 3 is 2.74 bits per heavy atom. The predicted molar refractivity (Wildman–Crippen MR) is 81.2 cm³/mol. The fourth-order valence-corrected chi connectivity index (χ4v) is 4.83. The molecule has 124 valence electrons. The minimum absolute atomic E-state index is 0.325. The van der Waals surface area contributed by atoms with Crippen LogP contribution in [0.2, 0.25) is 0 Å². The molecule has 0 spiro atoms. The molecule has 2 aromatic rings. The highest BCUT2D eigenvalue weighted by Crippen LogP contribution is 2.64. The standard InChI is InChI=1S/C12H14N3O6PS/c1-11(16)7(20-8-9(12(8,11)17)21-22(18)19)6-5-4(2-23-6)10(13)15-3-14-5/h2-3,7-9,16-19H,1H3,(H2,13,14,15). The predicted octanol–water partition coefficient (Wildman–Crippen LogP) is -0.194. The van der Waals surface area contributed by atoms with Crippen LogP contribution < -0.4 is 5.73 Å². The molecule has 5 atom stereocenters. The number of anilines is 1. The molecule has 4 rings (SSSR count). The van der Waals surface area contributed by atoms with Crippen molar-refractivity contribution in [2.75, 3.05) is 5.73 Å². The molecule has 1 saturated heterocycles. The summed E-state index contributed by atoms with van der Waals surface area (Å²) >= 11 is 1.30.